The summed E-state index contributed by atoms with van der Waals surface area (Å²) in [5.74, 6) is -0.117. The maximum absolute atomic E-state index is 10.7. The van der Waals surface area contributed by atoms with Gasteiger partial charge in [0.05, 0.1) is 6.26 Å². The van der Waals surface area contributed by atoms with Gasteiger partial charge in [0.15, 0.2) is 5.76 Å². The highest BCUT2D eigenvalue weighted by molar-refractivity contribution is 5.58. The monoisotopic (exact) mass is 152 g/mol. The van der Waals surface area contributed by atoms with E-state index in [1.165, 1.54) is 6.26 Å². The van der Waals surface area contributed by atoms with Crippen LogP contribution in [0.2, 0.25) is 0 Å². The first kappa shape index (κ1) is 6.03. The Labute approximate surface area is 61.0 Å². The highest BCUT2D eigenvalue weighted by Crippen LogP contribution is 2.27. The summed E-state index contributed by atoms with van der Waals surface area (Å²) >= 11 is 0. The number of fused-ring (bicyclic) bond motifs is 1. The van der Waals surface area contributed by atoms with Crippen LogP contribution in [0.3, 0.4) is 0 Å². The van der Waals surface area contributed by atoms with Crippen molar-refractivity contribution in [2.24, 2.45) is 0 Å². The Morgan fingerprint density at radius 1 is 1.45 bits per heavy atom. The predicted molar refractivity (Wildman–Crippen MR) is 35.5 cm³/mol. The first-order valence-corrected chi connectivity index (χ1v) is 2.98. The van der Waals surface area contributed by atoms with Crippen LogP contribution in [-0.2, 0) is 0 Å². The van der Waals surface area contributed by atoms with E-state index in [-0.39, 0.29) is 11.5 Å². The molecule has 1 N–H and O–H groups in total. The molecule has 0 aromatic carbocycles. The fourth-order valence-electron chi connectivity index (χ4n) is 0.862. The maximum atomic E-state index is 10.7. The summed E-state index contributed by atoms with van der Waals surface area (Å²) in [7, 11) is 0. The molecule has 0 saturated heterocycles. The quantitative estimate of drug-likeness (QED) is 0.612. The largest absolute Gasteiger partial charge is 0.499 e. The van der Waals surface area contributed by atoms with Crippen molar-refractivity contribution in [3.63, 3.8) is 0 Å². The molecule has 0 radical (unpaired) electrons. The first-order chi connectivity index (χ1) is 5.29. The van der Waals surface area contributed by atoms with Crippen LogP contribution < -0.4 is 5.63 Å². The fourth-order valence-corrected chi connectivity index (χ4v) is 0.862. The van der Waals surface area contributed by atoms with Gasteiger partial charge >= 0.3 is 5.63 Å². The van der Waals surface area contributed by atoms with Gasteiger partial charge < -0.3 is 13.9 Å². The van der Waals surface area contributed by atoms with E-state index in [2.05, 4.69) is 4.42 Å². The molecule has 2 rings (SSSR count). The zero-order valence-electron chi connectivity index (χ0n) is 5.40. The summed E-state index contributed by atoms with van der Waals surface area (Å²) in [6.07, 6.45) is 1.36. The van der Waals surface area contributed by atoms with Crippen LogP contribution >= 0.6 is 0 Å². The molecule has 0 unspecified atom stereocenters. The van der Waals surface area contributed by atoms with E-state index in [0.29, 0.717) is 0 Å². The number of aromatic hydroxyl groups is 1. The van der Waals surface area contributed by atoms with Crippen molar-refractivity contribution in [3.05, 3.63) is 28.8 Å². The van der Waals surface area contributed by atoms with Gasteiger partial charge in [-0.3, -0.25) is 0 Å². The second-order valence-corrected chi connectivity index (χ2v) is 2.04. The van der Waals surface area contributed by atoms with Crippen molar-refractivity contribution in [1.29, 1.82) is 0 Å². The minimum Gasteiger partial charge on any atom is -0.499 e. The van der Waals surface area contributed by atoms with Gasteiger partial charge in [-0.2, -0.15) is 0 Å². The van der Waals surface area contributed by atoms with Crippen LogP contribution in [0.5, 0.6) is 5.75 Å². The average Bonchev–Trinajstić information content (AvgIpc) is 2.30. The van der Waals surface area contributed by atoms with Gasteiger partial charge in [0, 0.05) is 0 Å². The molecule has 0 amide bonds. The highest BCUT2D eigenvalue weighted by Gasteiger charge is 2.18. The molecule has 2 aliphatic heterocycles. The van der Waals surface area contributed by atoms with Gasteiger partial charge in [0.25, 0.3) is 0 Å². The highest BCUT2D eigenvalue weighted by atomic mass is 16.4. The number of rotatable bonds is 0. The summed E-state index contributed by atoms with van der Waals surface area (Å²) < 4.78 is 9.42. The SMILES string of the molecule is O=c1oc2cccoc-2c1O. The topological polar surface area (TPSA) is 63.6 Å². The molecule has 0 aromatic rings. The second-order valence-electron chi connectivity index (χ2n) is 2.04. The zero-order chi connectivity index (χ0) is 7.84. The summed E-state index contributed by atoms with van der Waals surface area (Å²) in [5.41, 5.74) is -0.769. The zero-order valence-corrected chi connectivity index (χ0v) is 5.40. The van der Waals surface area contributed by atoms with Gasteiger partial charge in [-0.25, -0.2) is 4.79 Å². The normalized spacial score (nSPS) is 10.5. The Morgan fingerprint density at radius 2 is 2.27 bits per heavy atom. The molecule has 2 aliphatic rings. The molecule has 2 heterocycles. The molecule has 0 bridgehead atoms. The third-order valence-electron chi connectivity index (χ3n) is 1.35. The average molecular weight is 152 g/mol. The molecule has 0 aliphatic carbocycles. The molecular weight excluding hydrogens is 148 g/mol. The summed E-state index contributed by atoms with van der Waals surface area (Å²) in [6.45, 7) is 0. The van der Waals surface area contributed by atoms with Gasteiger partial charge in [-0.05, 0) is 12.1 Å². The third kappa shape index (κ3) is 0.724. The van der Waals surface area contributed by atoms with E-state index in [1.807, 2.05) is 0 Å². The number of furan rings is 1. The smallest absolute Gasteiger partial charge is 0.383 e. The van der Waals surface area contributed by atoms with Crippen LogP contribution in [0, 0.1) is 0 Å². The molecule has 4 heteroatoms. The van der Waals surface area contributed by atoms with Crippen LogP contribution in [0.1, 0.15) is 0 Å². The van der Waals surface area contributed by atoms with Gasteiger partial charge in [0.1, 0.15) is 0 Å². The lowest BCUT2D eigenvalue weighted by Gasteiger charge is -1.90. The van der Waals surface area contributed by atoms with Crippen molar-refractivity contribution >= 4 is 0 Å². The molecule has 56 valence electrons. The lowest BCUT2D eigenvalue weighted by Crippen LogP contribution is -1.87. The van der Waals surface area contributed by atoms with E-state index >= 15 is 0 Å². The maximum Gasteiger partial charge on any atom is 0.383 e. The predicted octanol–water partition coefficient (Wildman–Crippen LogP) is 1.04. The summed E-state index contributed by atoms with van der Waals surface area (Å²) in [4.78, 5) is 10.7. The lowest BCUT2D eigenvalue weighted by atomic mass is 10.3. The number of hydrogen-bond donors (Lipinski definition) is 1. The van der Waals surface area contributed by atoms with E-state index < -0.39 is 11.4 Å². The van der Waals surface area contributed by atoms with Crippen molar-refractivity contribution in [1.82, 2.24) is 0 Å². The van der Waals surface area contributed by atoms with Crippen molar-refractivity contribution in [3.8, 4) is 17.3 Å². The molecule has 4 nitrogen and oxygen atoms in total. The fraction of sp³-hybridized carbons (Fsp3) is 0. The van der Waals surface area contributed by atoms with E-state index in [0.717, 1.165) is 0 Å². The van der Waals surface area contributed by atoms with Gasteiger partial charge in [-0.1, -0.05) is 0 Å². The Kier molecular flexibility index (Phi) is 1.03. The van der Waals surface area contributed by atoms with E-state index in [1.54, 1.807) is 12.1 Å². The Balaban J connectivity index is 2.91. The first-order valence-electron chi connectivity index (χ1n) is 2.98. The Bertz CT molecular complexity index is 397. The van der Waals surface area contributed by atoms with Crippen molar-refractivity contribution < 1.29 is 13.9 Å². The Morgan fingerprint density at radius 3 is 3.00 bits per heavy atom. The Hall–Kier alpha value is -1.71. The van der Waals surface area contributed by atoms with Crippen LogP contribution in [0.25, 0.3) is 11.5 Å². The summed E-state index contributed by atoms with van der Waals surface area (Å²) in [5, 5.41) is 9.00. The molecule has 11 heavy (non-hydrogen) atoms. The van der Waals surface area contributed by atoms with Crippen molar-refractivity contribution in [2.45, 2.75) is 0 Å². The van der Waals surface area contributed by atoms with E-state index in [9.17, 15) is 4.79 Å². The molecule has 0 spiro atoms. The molecule has 0 saturated carbocycles. The van der Waals surface area contributed by atoms with Gasteiger partial charge in [-0.15, -0.1) is 0 Å². The molecule has 0 atom stereocenters. The van der Waals surface area contributed by atoms with Gasteiger partial charge in [0.2, 0.25) is 11.5 Å². The second kappa shape index (κ2) is 1.88. The van der Waals surface area contributed by atoms with E-state index in [4.69, 9.17) is 9.52 Å². The van der Waals surface area contributed by atoms with Crippen LogP contribution in [-0.4, -0.2) is 5.11 Å². The lowest BCUT2D eigenvalue weighted by molar-refractivity contribution is 0.436. The molecule has 0 aromatic heterocycles. The van der Waals surface area contributed by atoms with Crippen molar-refractivity contribution in [2.75, 3.05) is 0 Å². The standard InChI is InChI=1S/C7H4O4/c8-5-6-4(11-7(5)9)2-1-3-10-6/h1-3,8H. The number of hydrogen-bond acceptors (Lipinski definition) is 4. The van der Waals surface area contributed by atoms with Crippen LogP contribution in [0.4, 0.5) is 0 Å². The minimum absolute atomic E-state index is 0.0949. The molecule has 0 fully saturated rings. The summed E-state index contributed by atoms with van der Waals surface area (Å²) in [6, 6.07) is 3.12. The molecular formula is C7H4O4. The third-order valence-corrected chi connectivity index (χ3v) is 1.35. The minimum atomic E-state index is -0.769. The van der Waals surface area contributed by atoms with Crippen LogP contribution in [0.15, 0.2) is 32.0 Å².